The van der Waals surface area contributed by atoms with Crippen molar-refractivity contribution in [3.63, 3.8) is 0 Å². The van der Waals surface area contributed by atoms with Gasteiger partial charge in [0.15, 0.2) is 17.5 Å². The monoisotopic (exact) mass is 365 g/mol. The Hall–Kier alpha value is -1.92. The summed E-state index contributed by atoms with van der Waals surface area (Å²) in [6.45, 7) is 1.92. The highest BCUT2D eigenvalue weighted by atomic mass is 35.5. The Morgan fingerprint density at radius 1 is 1.12 bits per heavy atom. The number of ether oxygens (including phenoxy) is 2. The summed E-state index contributed by atoms with van der Waals surface area (Å²) in [5.74, 6) is 2.45. The van der Waals surface area contributed by atoms with Crippen molar-refractivity contribution in [2.45, 2.75) is 12.8 Å². The summed E-state index contributed by atoms with van der Waals surface area (Å²) in [5, 5.41) is 6.63. The molecule has 5 nitrogen and oxygen atoms in total. The molecule has 0 radical (unpaired) electrons. The normalized spacial score (nSPS) is 13.2. The van der Waals surface area contributed by atoms with Gasteiger partial charge < -0.3 is 20.1 Å². The predicted octanol–water partition coefficient (Wildman–Crippen LogP) is 3.08. The van der Waals surface area contributed by atoms with Gasteiger partial charge in [-0.2, -0.15) is 0 Å². The summed E-state index contributed by atoms with van der Waals surface area (Å²) < 4.78 is 11.5. The zero-order valence-electron chi connectivity index (χ0n) is 13.5. The van der Waals surface area contributed by atoms with Crippen molar-refractivity contribution >= 4 is 28.9 Å². The van der Waals surface area contributed by atoms with Gasteiger partial charge in [0.05, 0.1) is 4.34 Å². The molecule has 0 spiro atoms. The molecule has 1 aromatic carbocycles. The molecule has 7 heteroatoms. The zero-order valence-corrected chi connectivity index (χ0v) is 15.0. The third-order valence-electron chi connectivity index (χ3n) is 3.66. The Labute approximate surface area is 150 Å². The molecule has 2 heterocycles. The van der Waals surface area contributed by atoms with Gasteiger partial charge in [-0.1, -0.05) is 17.7 Å². The lowest BCUT2D eigenvalue weighted by atomic mass is 10.1. The summed E-state index contributed by atoms with van der Waals surface area (Å²) in [5.41, 5.74) is 1.20. The van der Waals surface area contributed by atoms with Gasteiger partial charge in [0.1, 0.15) is 0 Å². The highest BCUT2D eigenvalue weighted by Crippen LogP contribution is 2.32. The van der Waals surface area contributed by atoms with Crippen molar-refractivity contribution in [2.75, 3.05) is 26.9 Å². The zero-order chi connectivity index (χ0) is 16.8. The van der Waals surface area contributed by atoms with Crippen LogP contribution in [0.5, 0.6) is 11.5 Å². The number of guanidine groups is 1. The minimum atomic E-state index is 0.309. The van der Waals surface area contributed by atoms with Crippen LogP contribution in [0.4, 0.5) is 0 Å². The average Bonchev–Trinajstić information content (AvgIpc) is 3.21. The number of nitrogens with one attached hydrogen (secondary N) is 2. The van der Waals surface area contributed by atoms with E-state index in [0.29, 0.717) is 6.79 Å². The second kappa shape index (κ2) is 8.26. The number of rotatable bonds is 6. The van der Waals surface area contributed by atoms with E-state index in [2.05, 4.69) is 27.8 Å². The van der Waals surface area contributed by atoms with Crippen LogP contribution >= 0.6 is 22.9 Å². The molecule has 128 valence electrons. The molecule has 3 rings (SSSR count). The minimum Gasteiger partial charge on any atom is -0.454 e. The minimum absolute atomic E-state index is 0.309. The Bertz CT molecular complexity index is 718. The third kappa shape index (κ3) is 4.55. The molecule has 1 aromatic heterocycles. The van der Waals surface area contributed by atoms with Crippen molar-refractivity contribution < 1.29 is 9.47 Å². The molecule has 24 heavy (non-hydrogen) atoms. The van der Waals surface area contributed by atoms with Gasteiger partial charge in [-0.25, -0.2) is 0 Å². The molecule has 0 saturated carbocycles. The summed E-state index contributed by atoms with van der Waals surface area (Å²) in [6.07, 6.45) is 1.82. The van der Waals surface area contributed by atoms with E-state index in [1.165, 1.54) is 10.4 Å². The largest absolute Gasteiger partial charge is 0.454 e. The van der Waals surface area contributed by atoms with Crippen molar-refractivity contribution in [1.29, 1.82) is 0 Å². The number of hydrogen-bond acceptors (Lipinski definition) is 4. The van der Waals surface area contributed by atoms with Gasteiger partial charge in [0.2, 0.25) is 6.79 Å². The van der Waals surface area contributed by atoms with Gasteiger partial charge in [-0.3, -0.25) is 4.99 Å². The first-order chi connectivity index (χ1) is 11.7. The number of nitrogens with zero attached hydrogens (tertiary/aromatic N) is 1. The first-order valence-corrected chi connectivity index (χ1v) is 9.01. The molecule has 0 atom stereocenters. The van der Waals surface area contributed by atoms with E-state index in [-0.39, 0.29) is 0 Å². The summed E-state index contributed by atoms with van der Waals surface area (Å²) in [6, 6.07) is 10.0. The van der Waals surface area contributed by atoms with E-state index >= 15 is 0 Å². The maximum atomic E-state index is 5.94. The summed E-state index contributed by atoms with van der Waals surface area (Å²) >= 11 is 7.55. The second-order valence-electron chi connectivity index (χ2n) is 5.32. The SMILES string of the molecule is CN=C(NCCc1ccc2c(c1)OCO2)NCCc1ccc(Cl)s1. The molecule has 2 aromatic rings. The molecule has 0 amide bonds. The maximum Gasteiger partial charge on any atom is 0.231 e. The number of aliphatic imine (C=N–C) groups is 1. The Morgan fingerprint density at radius 2 is 1.92 bits per heavy atom. The predicted molar refractivity (Wildman–Crippen MR) is 98.7 cm³/mol. The number of thiophene rings is 1. The third-order valence-corrected chi connectivity index (χ3v) is 4.95. The topological polar surface area (TPSA) is 54.9 Å². The van der Waals surface area contributed by atoms with Crippen LogP contribution in [0, 0.1) is 0 Å². The Morgan fingerprint density at radius 3 is 2.67 bits per heavy atom. The first kappa shape index (κ1) is 16.9. The lowest BCUT2D eigenvalue weighted by Gasteiger charge is -2.11. The molecule has 0 unspecified atom stereocenters. The number of benzene rings is 1. The van der Waals surface area contributed by atoms with Crippen LogP contribution in [-0.2, 0) is 12.8 Å². The van der Waals surface area contributed by atoms with Crippen molar-refractivity contribution in [1.82, 2.24) is 10.6 Å². The Kier molecular flexibility index (Phi) is 5.82. The van der Waals surface area contributed by atoms with E-state index in [9.17, 15) is 0 Å². The molecule has 1 aliphatic heterocycles. The van der Waals surface area contributed by atoms with Crippen molar-refractivity contribution in [2.24, 2.45) is 4.99 Å². The standard InChI is InChI=1S/C17H20ClN3O2S/c1-19-17(21-9-7-13-3-5-16(18)24-13)20-8-6-12-2-4-14-15(10-12)23-11-22-14/h2-5,10H,6-9,11H2,1H3,(H2,19,20,21). The molecular formula is C17H20ClN3O2S. The Balaban J connectivity index is 1.39. The maximum absolute atomic E-state index is 5.94. The number of halogens is 1. The fourth-order valence-electron chi connectivity index (χ4n) is 2.43. The van der Waals surface area contributed by atoms with Crippen LogP contribution in [0.15, 0.2) is 35.3 Å². The second-order valence-corrected chi connectivity index (χ2v) is 7.12. The molecule has 2 N–H and O–H groups in total. The van der Waals surface area contributed by atoms with Crippen LogP contribution in [0.2, 0.25) is 4.34 Å². The lowest BCUT2D eigenvalue weighted by molar-refractivity contribution is 0.174. The van der Waals surface area contributed by atoms with Gasteiger partial charge in [-0.05, 0) is 42.7 Å². The van der Waals surface area contributed by atoms with Gasteiger partial charge in [-0.15, -0.1) is 11.3 Å². The summed E-state index contributed by atoms with van der Waals surface area (Å²) in [7, 11) is 1.78. The van der Waals surface area contributed by atoms with Crippen LogP contribution in [0.25, 0.3) is 0 Å². The van der Waals surface area contributed by atoms with Gasteiger partial charge >= 0.3 is 0 Å². The van der Waals surface area contributed by atoms with E-state index < -0.39 is 0 Å². The summed E-state index contributed by atoms with van der Waals surface area (Å²) in [4.78, 5) is 5.51. The number of fused-ring (bicyclic) bond motifs is 1. The van der Waals surface area contributed by atoms with Gasteiger partial charge in [0.25, 0.3) is 0 Å². The lowest BCUT2D eigenvalue weighted by Crippen LogP contribution is -2.39. The highest BCUT2D eigenvalue weighted by Gasteiger charge is 2.12. The number of hydrogen-bond donors (Lipinski definition) is 2. The molecule has 0 aliphatic carbocycles. The quantitative estimate of drug-likeness (QED) is 0.610. The van der Waals surface area contributed by atoms with Crippen LogP contribution in [0.1, 0.15) is 10.4 Å². The van der Waals surface area contributed by atoms with Gasteiger partial charge in [0, 0.05) is 25.0 Å². The van der Waals surface area contributed by atoms with Crippen LogP contribution in [0.3, 0.4) is 0 Å². The van der Waals surface area contributed by atoms with Crippen molar-refractivity contribution in [3.8, 4) is 11.5 Å². The van der Waals surface area contributed by atoms with Crippen LogP contribution in [-0.4, -0.2) is 32.9 Å². The van der Waals surface area contributed by atoms with E-state index in [1.807, 2.05) is 18.2 Å². The fourth-order valence-corrected chi connectivity index (χ4v) is 3.52. The fraction of sp³-hybridized carbons (Fsp3) is 0.353. The van der Waals surface area contributed by atoms with Crippen LogP contribution < -0.4 is 20.1 Å². The molecule has 1 aliphatic rings. The highest BCUT2D eigenvalue weighted by molar-refractivity contribution is 7.16. The average molecular weight is 366 g/mol. The smallest absolute Gasteiger partial charge is 0.231 e. The molecule has 0 saturated heterocycles. The molecular weight excluding hydrogens is 346 g/mol. The van der Waals surface area contributed by atoms with Crippen molar-refractivity contribution in [3.05, 3.63) is 45.1 Å². The first-order valence-electron chi connectivity index (χ1n) is 7.82. The molecule has 0 bridgehead atoms. The van der Waals surface area contributed by atoms with E-state index in [4.69, 9.17) is 21.1 Å². The molecule has 0 fully saturated rings. The van der Waals surface area contributed by atoms with E-state index in [0.717, 1.165) is 47.7 Å². The van der Waals surface area contributed by atoms with E-state index in [1.54, 1.807) is 18.4 Å².